The van der Waals surface area contributed by atoms with Gasteiger partial charge in [0.15, 0.2) is 0 Å². The van der Waals surface area contributed by atoms with Crippen molar-refractivity contribution in [3.8, 4) is 0 Å². The summed E-state index contributed by atoms with van der Waals surface area (Å²) in [7, 11) is 0. The van der Waals surface area contributed by atoms with E-state index < -0.39 is 0 Å². The van der Waals surface area contributed by atoms with Crippen molar-refractivity contribution in [3.05, 3.63) is 22.8 Å². The molecule has 2 aliphatic rings. The normalized spacial score (nSPS) is 24.5. The summed E-state index contributed by atoms with van der Waals surface area (Å²) in [5.74, 6) is 0.456. The molecule has 0 spiro atoms. The van der Waals surface area contributed by atoms with E-state index in [1.807, 2.05) is 11.0 Å². The molecule has 0 aromatic carbocycles. The minimum absolute atomic E-state index is 0.0586. The van der Waals surface area contributed by atoms with Gasteiger partial charge < -0.3 is 15.5 Å². The molecule has 2 N–H and O–H groups in total. The lowest BCUT2D eigenvalue weighted by molar-refractivity contribution is -0.136. The van der Waals surface area contributed by atoms with Crippen LogP contribution in [0.2, 0.25) is 0 Å². The van der Waals surface area contributed by atoms with Gasteiger partial charge in [0.1, 0.15) is 5.82 Å². The van der Waals surface area contributed by atoms with Crippen molar-refractivity contribution in [3.63, 3.8) is 0 Å². The molecule has 2 atom stereocenters. The molecule has 7 heteroatoms. The van der Waals surface area contributed by atoms with Crippen LogP contribution in [0, 0.1) is 5.92 Å². The summed E-state index contributed by atoms with van der Waals surface area (Å²) in [6, 6.07) is 3.53. The first-order valence-corrected chi connectivity index (χ1v) is 8.87. The monoisotopic (exact) mass is 380 g/mol. The molecule has 2 fully saturated rings. The molecule has 2 amide bonds. The number of halogens is 1. The number of nitrogens with zero attached hydrogens (tertiary/aromatic N) is 2. The Morgan fingerprint density at radius 1 is 1.30 bits per heavy atom. The number of anilines is 1. The third-order valence-corrected chi connectivity index (χ3v) is 4.91. The SMILES string of the molecule is O=C(Nc1ccc(Br)cn1)C1CCCN(C(=O)C2CCCN2)C1. The lowest BCUT2D eigenvalue weighted by atomic mass is 9.96. The summed E-state index contributed by atoms with van der Waals surface area (Å²) >= 11 is 3.32. The number of pyridine rings is 1. The van der Waals surface area contributed by atoms with Crippen molar-refractivity contribution in [2.24, 2.45) is 5.92 Å². The zero-order valence-corrected chi connectivity index (χ0v) is 14.5. The van der Waals surface area contributed by atoms with Gasteiger partial charge in [-0.25, -0.2) is 4.98 Å². The highest BCUT2D eigenvalue weighted by molar-refractivity contribution is 9.10. The molecule has 1 aromatic rings. The molecule has 2 aliphatic heterocycles. The standard InChI is InChI=1S/C16H21BrN4O2/c17-12-5-6-14(19-9-12)20-15(22)11-3-2-8-21(10-11)16(23)13-4-1-7-18-13/h5-6,9,11,13,18H,1-4,7-8,10H2,(H,19,20,22). The molecule has 0 radical (unpaired) electrons. The second-order valence-corrected chi connectivity index (χ2v) is 7.04. The van der Waals surface area contributed by atoms with E-state index in [1.54, 1.807) is 12.3 Å². The molecule has 2 saturated heterocycles. The Kier molecular flexibility index (Phi) is 5.27. The van der Waals surface area contributed by atoms with Gasteiger partial charge in [-0.3, -0.25) is 9.59 Å². The Hall–Kier alpha value is -1.47. The summed E-state index contributed by atoms with van der Waals surface area (Å²) < 4.78 is 0.869. The molecule has 3 rings (SSSR count). The Balaban J connectivity index is 1.57. The Morgan fingerprint density at radius 2 is 2.17 bits per heavy atom. The van der Waals surface area contributed by atoms with Gasteiger partial charge in [0.2, 0.25) is 11.8 Å². The maximum atomic E-state index is 12.5. The van der Waals surface area contributed by atoms with Gasteiger partial charge in [0.25, 0.3) is 0 Å². The van der Waals surface area contributed by atoms with Crippen molar-refractivity contribution < 1.29 is 9.59 Å². The molecule has 23 heavy (non-hydrogen) atoms. The highest BCUT2D eigenvalue weighted by Gasteiger charge is 2.32. The van der Waals surface area contributed by atoms with Gasteiger partial charge in [-0.2, -0.15) is 0 Å². The summed E-state index contributed by atoms with van der Waals surface area (Å²) in [6.07, 6.45) is 5.27. The molecule has 3 heterocycles. The van der Waals surface area contributed by atoms with Crippen LogP contribution < -0.4 is 10.6 Å². The van der Waals surface area contributed by atoms with E-state index >= 15 is 0 Å². The number of hydrogen-bond donors (Lipinski definition) is 2. The molecule has 0 aliphatic carbocycles. The predicted molar refractivity (Wildman–Crippen MR) is 90.9 cm³/mol. The number of amides is 2. The van der Waals surface area contributed by atoms with Crippen LogP contribution in [0.3, 0.4) is 0 Å². The van der Waals surface area contributed by atoms with E-state index in [0.29, 0.717) is 12.4 Å². The van der Waals surface area contributed by atoms with Gasteiger partial charge in [-0.1, -0.05) is 0 Å². The summed E-state index contributed by atoms with van der Waals surface area (Å²) in [5.41, 5.74) is 0. The van der Waals surface area contributed by atoms with E-state index in [4.69, 9.17) is 0 Å². The number of carbonyl (C=O) groups excluding carboxylic acids is 2. The fourth-order valence-electron chi connectivity index (χ4n) is 3.19. The molecular weight excluding hydrogens is 360 g/mol. The van der Waals surface area contributed by atoms with Crippen molar-refractivity contribution in [2.75, 3.05) is 25.0 Å². The average Bonchev–Trinajstić information content (AvgIpc) is 3.11. The summed E-state index contributed by atoms with van der Waals surface area (Å²) in [5, 5.41) is 6.08. The number of piperidine rings is 1. The highest BCUT2D eigenvalue weighted by atomic mass is 79.9. The Morgan fingerprint density at radius 3 is 2.87 bits per heavy atom. The number of hydrogen-bond acceptors (Lipinski definition) is 4. The second-order valence-electron chi connectivity index (χ2n) is 6.12. The van der Waals surface area contributed by atoms with E-state index in [2.05, 4.69) is 31.5 Å². The van der Waals surface area contributed by atoms with E-state index in [1.165, 1.54) is 0 Å². The van der Waals surface area contributed by atoms with Crippen molar-refractivity contribution in [2.45, 2.75) is 31.7 Å². The maximum absolute atomic E-state index is 12.5. The molecule has 6 nitrogen and oxygen atoms in total. The maximum Gasteiger partial charge on any atom is 0.239 e. The Bertz CT molecular complexity index is 572. The zero-order chi connectivity index (χ0) is 16.2. The molecule has 1 aromatic heterocycles. The fraction of sp³-hybridized carbons (Fsp3) is 0.562. The first kappa shape index (κ1) is 16.4. The van der Waals surface area contributed by atoms with E-state index in [9.17, 15) is 9.59 Å². The Labute approximate surface area is 144 Å². The third-order valence-electron chi connectivity index (χ3n) is 4.44. The average molecular weight is 381 g/mol. The summed E-state index contributed by atoms with van der Waals surface area (Å²) in [6.45, 7) is 2.15. The highest BCUT2D eigenvalue weighted by Crippen LogP contribution is 2.21. The number of likely N-dealkylation sites (tertiary alicyclic amines) is 1. The molecular formula is C16H21BrN4O2. The lowest BCUT2D eigenvalue weighted by Crippen LogP contribution is -2.49. The first-order chi connectivity index (χ1) is 11.1. The van der Waals surface area contributed by atoms with E-state index in [-0.39, 0.29) is 23.8 Å². The van der Waals surface area contributed by atoms with Gasteiger partial charge >= 0.3 is 0 Å². The van der Waals surface area contributed by atoms with Crippen LogP contribution in [0.15, 0.2) is 22.8 Å². The van der Waals surface area contributed by atoms with Gasteiger partial charge in [-0.05, 0) is 60.3 Å². The topological polar surface area (TPSA) is 74.3 Å². The van der Waals surface area contributed by atoms with E-state index in [0.717, 1.165) is 43.2 Å². The van der Waals surface area contributed by atoms with Gasteiger partial charge in [0, 0.05) is 23.8 Å². The molecule has 124 valence electrons. The van der Waals surface area contributed by atoms with Crippen molar-refractivity contribution >= 4 is 33.6 Å². The predicted octanol–water partition coefficient (Wildman–Crippen LogP) is 1.77. The number of carbonyl (C=O) groups is 2. The van der Waals surface area contributed by atoms with Crippen molar-refractivity contribution in [1.82, 2.24) is 15.2 Å². The van der Waals surface area contributed by atoms with Crippen LogP contribution in [-0.2, 0) is 9.59 Å². The van der Waals surface area contributed by atoms with Crippen LogP contribution in [0.25, 0.3) is 0 Å². The minimum atomic E-state index is -0.167. The number of rotatable bonds is 3. The molecule has 0 bridgehead atoms. The zero-order valence-electron chi connectivity index (χ0n) is 12.9. The quantitative estimate of drug-likeness (QED) is 0.837. The van der Waals surface area contributed by atoms with Gasteiger partial charge in [0.05, 0.1) is 12.0 Å². The number of aromatic nitrogens is 1. The van der Waals surface area contributed by atoms with Crippen molar-refractivity contribution in [1.29, 1.82) is 0 Å². The van der Waals surface area contributed by atoms with Crippen LogP contribution in [0.4, 0.5) is 5.82 Å². The molecule has 0 saturated carbocycles. The third kappa shape index (κ3) is 4.09. The fourth-order valence-corrected chi connectivity index (χ4v) is 3.42. The smallest absolute Gasteiger partial charge is 0.239 e. The van der Waals surface area contributed by atoms with Crippen LogP contribution >= 0.6 is 15.9 Å². The minimum Gasteiger partial charge on any atom is -0.341 e. The van der Waals surface area contributed by atoms with Crippen LogP contribution in [0.5, 0.6) is 0 Å². The van der Waals surface area contributed by atoms with Crippen LogP contribution in [0.1, 0.15) is 25.7 Å². The largest absolute Gasteiger partial charge is 0.341 e. The van der Waals surface area contributed by atoms with Crippen LogP contribution in [-0.4, -0.2) is 47.4 Å². The summed E-state index contributed by atoms with van der Waals surface area (Å²) in [4.78, 5) is 30.9. The molecule has 2 unspecified atom stereocenters. The van der Waals surface area contributed by atoms with Gasteiger partial charge in [-0.15, -0.1) is 0 Å². The lowest BCUT2D eigenvalue weighted by Gasteiger charge is -2.33. The number of nitrogens with one attached hydrogen (secondary N) is 2. The first-order valence-electron chi connectivity index (χ1n) is 8.08. The second kappa shape index (κ2) is 7.40.